The number of unbranched alkanes of at least 4 members (excludes halogenated alkanes) is 10. The fraction of sp³-hybridized carbons (Fsp3) is 0.760. The highest BCUT2D eigenvalue weighted by molar-refractivity contribution is 5.28. The van der Waals surface area contributed by atoms with Gasteiger partial charge in [0, 0.05) is 26.2 Å². The van der Waals surface area contributed by atoms with Crippen molar-refractivity contribution < 1.29 is 5.11 Å². The molecule has 0 aliphatic carbocycles. The van der Waals surface area contributed by atoms with Crippen LogP contribution in [-0.2, 0) is 0 Å². The molecule has 0 atom stereocenters. The monoisotopic (exact) mass is 388 g/mol. The Balaban J connectivity index is 1.84. The summed E-state index contributed by atoms with van der Waals surface area (Å²) in [4.78, 5) is 5.34. The van der Waals surface area contributed by atoms with E-state index in [0.29, 0.717) is 11.9 Å². The van der Waals surface area contributed by atoms with E-state index in [-0.39, 0.29) is 0 Å². The van der Waals surface area contributed by atoms with Gasteiger partial charge in [0.15, 0.2) is 0 Å². The summed E-state index contributed by atoms with van der Waals surface area (Å²) in [6.45, 7) is 9.32. The molecule has 28 heavy (non-hydrogen) atoms. The molecule has 3 heteroatoms. The highest BCUT2D eigenvalue weighted by Crippen LogP contribution is 2.31. The number of phenolic OH excluding ortho intramolecular Hbond substituents is 1. The number of hydrogen-bond donors (Lipinski definition) is 1. The van der Waals surface area contributed by atoms with E-state index in [1.807, 2.05) is 12.1 Å². The predicted octanol–water partition coefficient (Wildman–Crippen LogP) is 6.73. The van der Waals surface area contributed by atoms with Gasteiger partial charge in [-0.15, -0.1) is 0 Å². The summed E-state index contributed by atoms with van der Waals surface area (Å²) in [6, 6.07) is 7.93. The third-order valence-corrected chi connectivity index (χ3v) is 6.16. The summed E-state index contributed by atoms with van der Waals surface area (Å²) < 4.78 is 0. The van der Waals surface area contributed by atoms with E-state index in [9.17, 15) is 5.11 Å². The molecule has 1 aliphatic heterocycles. The number of benzene rings is 1. The van der Waals surface area contributed by atoms with Crippen LogP contribution in [0.25, 0.3) is 0 Å². The molecule has 1 aromatic carbocycles. The van der Waals surface area contributed by atoms with Gasteiger partial charge in [0.25, 0.3) is 0 Å². The largest absolute Gasteiger partial charge is 0.508 e. The highest BCUT2D eigenvalue weighted by Gasteiger charge is 2.32. The summed E-state index contributed by atoms with van der Waals surface area (Å²) in [5.74, 6) is 0.367. The van der Waals surface area contributed by atoms with Crippen LogP contribution >= 0.6 is 0 Å². The summed E-state index contributed by atoms with van der Waals surface area (Å²) >= 11 is 0. The second-order valence-electron chi connectivity index (χ2n) is 8.57. The number of hydrogen-bond acceptors (Lipinski definition) is 3. The average Bonchev–Trinajstić information content (AvgIpc) is 3.10. The fourth-order valence-electron chi connectivity index (χ4n) is 4.46. The smallest absolute Gasteiger partial charge is 0.115 e. The molecule has 2 rings (SSSR count). The Kier molecular flexibility index (Phi) is 11.6. The van der Waals surface area contributed by atoms with E-state index < -0.39 is 0 Å². The lowest BCUT2D eigenvalue weighted by molar-refractivity contribution is 0.133. The van der Waals surface area contributed by atoms with Gasteiger partial charge >= 0.3 is 0 Å². The first-order chi connectivity index (χ1) is 13.8. The van der Waals surface area contributed by atoms with Gasteiger partial charge in [-0.25, -0.2) is 0 Å². The van der Waals surface area contributed by atoms with Crippen LogP contribution in [0.1, 0.15) is 103 Å². The highest BCUT2D eigenvalue weighted by atomic mass is 16.3. The van der Waals surface area contributed by atoms with Crippen LogP contribution in [0.4, 0.5) is 0 Å². The molecule has 0 unspecified atom stereocenters. The normalized spacial score (nSPS) is 16.2. The Morgan fingerprint density at radius 1 is 0.679 bits per heavy atom. The van der Waals surface area contributed by atoms with Crippen LogP contribution < -0.4 is 0 Å². The number of nitrogens with zero attached hydrogens (tertiary/aromatic N) is 2. The third kappa shape index (κ3) is 8.13. The van der Waals surface area contributed by atoms with Crippen molar-refractivity contribution in [3.63, 3.8) is 0 Å². The van der Waals surface area contributed by atoms with Crippen molar-refractivity contribution in [1.82, 2.24) is 9.80 Å². The lowest BCUT2D eigenvalue weighted by atomic mass is 10.1. The molecule has 1 aliphatic rings. The number of rotatable bonds is 15. The molecule has 0 radical (unpaired) electrons. The minimum Gasteiger partial charge on any atom is -0.508 e. The zero-order valence-corrected chi connectivity index (χ0v) is 18.5. The molecule has 1 N–H and O–H groups in total. The average molecular weight is 389 g/mol. The summed E-state index contributed by atoms with van der Waals surface area (Å²) in [5.41, 5.74) is 1.34. The maximum Gasteiger partial charge on any atom is 0.115 e. The Hall–Kier alpha value is -1.06. The van der Waals surface area contributed by atoms with Gasteiger partial charge in [-0.2, -0.15) is 0 Å². The molecule has 0 amide bonds. The topological polar surface area (TPSA) is 26.7 Å². The van der Waals surface area contributed by atoms with Gasteiger partial charge in [-0.1, -0.05) is 90.2 Å². The zero-order valence-electron chi connectivity index (χ0n) is 18.5. The molecule has 3 nitrogen and oxygen atoms in total. The summed E-state index contributed by atoms with van der Waals surface area (Å²) in [6.07, 6.45) is 16.7. The molecular weight excluding hydrogens is 344 g/mol. The van der Waals surface area contributed by atoms with E-state index in [1.165, 1.54) is 109 Å². The van der Waals surface area contributed by atoms with Crippen LogP contribution in [0.3, 0.4) is 0 Å². The van der Waals surface area contributed by atoms with Crippen molar-refractivity contribution in [3.8, 4) is 5.75 Å². The second kappa shape index (κ2) is 14.0. The lowest BCUT2D eigenvalue weighted by Crippen LogP contribution is -2.32. The van der Waals surface area contributed by atoms with Crippen molar-refractivity contribution in [2.45, 2.75) is 97.1 Å². The molecule has 1 saturated heterocycles. The first-order valence-electron chi connectivity index (χ1n) is 12.0. The predicted molar refractivity (Wildman–Crippen MR) is 121 cm³/mol. The van der Waals surface area contributed by atoms with E-state index >= 15 is 0 Å². The van der Waals surface area contributed by atoms with Crippen LogP contribution in [0, 0.1) is 0 Å². The first kappa shape index (κ1) is 23.2. The lowest BCUT2D eigenvalue weighted by Gasteiger charge is -2.31. The molecule has 0 spiro atoms. The quantitative estimate of drug-likeness (QED) is 0.337. The molecule has 0 bridgehead atoms. The van der Waals surface area contributed by atoms with Gasteiger partial charge < -0.3 is 5.11 Å². The van der Waals surface area contributed by atoms with Crippen molar-refractivity contribution in [2.75, 3.05) is 26.2 Å². The van der Waals surface area contributed by atoms with Crippen LogP contribution in [0.2, 0.25) is 0 Å². The summed E-state index contributed by atoms with van der Waals surface area (Å²) in [7, 11) is 0. The van der Waals surface area contributed by atoms with Crippen LogP contribution in [-0.4, -0.2) is 41.1 Å². The second-order valence-corrected chi connectivity index (χ2v) is 8.57. The minimum atomic E-state index is 0.367. The molecule has 0 saturated carbocycles. The SMILES string of the molecule is CCCCCCCCN1CCN(CCCCCCCC)C1c1ccc(O)cc1. The van der Waals surface area contributed by atoms with Gasteiger partial charge in [0.2, 0.25) is 0 Å². The maximum absolute atomic E-state index is 9.69. The molecule has 160 valence electrons. The maximum atomic E-state index is 9.69. The first-order valence-corrected chi connectivity index (χ1v) is 12.0. The van der Waals surface area contributed by atoms with Crippen LogP contribution in [0.5, 0.6) is 5.75 Å². The van der Waals surface area contributed by atoms with Crippen molar-refractivity contribution in [3.05, 3.63) is 29.8 Å². The van der Waals surface area contributed by atoms with Crippen molar-refractivity contribution >= 4 is 0 Å². The third-order valence-electron chi connectivity index (χ3n) is 6.16. The molecular formula is C25H44N2O. The van der Waals surface area contributed by atoms with E-state index in [2.05, 4.69) is 35.8 Å². The van der Waals surface area contributed by atoms with Crippen molar-refractivity contribution in [2.24, 2.45) is 0 Å². The van der Waals surface area contributed by atoms with E-state index in [0.717, 1.165) is 0 Å². The minimum absolute atomic E-state index is 0.367. The fourth-order valence-corrected chi connectivity index (χ4v) is 4.46. The van der Waals surface area contributed by atoms with Gasteiger partial charge in [0.05, 0.1) is 6.17 Å². The Morgan fingerprint density at radius 3 is 1.57 bits per heavy atom. The van der Waals surface area contributed by atoms with E-state index in [4.69, 9.17) is 0 Å². The van der Waals surface area contributed by atoms with Crippen LogP contribution in [0.15, 0.2) is 24.3 Å². The van der Waals surface area contributed by atoms with Gasteiger partial charge in [-0.05, 0) is 30.5 Å². The number of phenols is 1. The number of aromatic hydroxyl groups is 1. The standard InChI is InChI=1S/C25H44N2O/c1-3-5-7-9-11-13-19-26-21-22-27(20-14-12-10-8-6-4-2)25(26)23-15-17-24(28)18-16-23/h15-18,25,28H,3-14,19-22H2,1-2H3. The Morgan fingerprint density at radius 2 is 1.11 bits per heavy atom. The molecule has 0 aromatic heterocycles. The van der Waals surface area contributed by atoms with Gasteiger partial charge in [-0.3, -0.25) is 9.80 Å². The van der Waals surface area contributed by atoms with E-state index in [1.54, 1.807) is 0 Å². The van der Waals surface area contributed by atoms with Gasteiger partial charge in [0.1, 0.15) is 5.75 Å². The summed E-state index contributed by atoms with van der Waals surface area (Å²) in [5, 5.41) is 9.69. The molecule has 1 aromatic rings. The molecule has 1 heterocycles. The Labute approximate surface area is 174 Å². The zero-order chi connectivity index (χ0) is 20.0. The molecule has 1 fully saturated rings. The van der Waals surface area contributed by atoms with Crippen molar-refractivity contribution in [1.29, 1.82) is 0 Å². The Bertz CT molecular complexity index is 478.